The van der Waals surface area contributed by atoms with Crippen LogP contribution < -0.4 is 5.32 Å². The average Bonchev–Trinajstić information content (AvgIpc) is 2.39. The van der Waals surface area contributed by atoms with Crippen molar-refractivity contribution in [1.29, 1.82) is 0 Å². The number of nitrogens with one attached hydrogen (secondary N) is 1. The summed E-state index contributed by atoms with van der Waals surface area (Å²) >= 11 is -1.92. The summed E-state index contributed by atoms with van der Waals surface area (Å²) < 4.78 is 20.9. The third kappa shape index (κ3) is 2.28. The molecule has 1 aliphatic rings. The second-order valence-electron chi connectivity index (χ2n) is 4.70. The van der Waals surface area contributed by atoms with Crippen LogP contribution in [0.15, 0.2) is 18.3 Å². The lowest BCUT2D eigenvalue weighted by molar-refractivity contribution is 0.229. The Hall–Kier alpha value is -0.980. The first-order chi connectivity index (χ1) is 8.60. The van der Waals surface area contributed by atoms with Crippen LogP contribution in [-0.2, 0) is 15.8 Å². The van der Waals surface area contributed by atoms with Crippen molar-refractivity contribution < 1.29 is 8.76 Å². The highest BCUT2D eigenvalue weighted by molar-refractivity contribution is 7.80. The highest BCUT2D eigenvalue weighted by Crippen LogP contribution is 2.39. The van der Waals surface area contributed by atoms with Gasteiger partial charge in [-0.2, -0.15) is 0 Å². The van der Waals surface area contributed by atoms with E-state index < -0.39 is 15.8 Å². The van der Waals surface area contributed by atoms with E-state index in [1.807, 2.05) is 26.2 Å². The molecule has 6 heteroatoms. The first-order valence-electron chi connectivity index (χ1n) is 6.03. The average molecular weight is 269 g/mol. The van der Waals surface area contributed by atoms with E-state index in [9.17, 15) is 8.76 Å². The number of piperidine rings is 1. The summed E-state index contributed by atoms with van der Waals surface area (Å²) in [6.07, 6.45) is 2.99. The predicted octanol–water partition coefficient (Wildman–Crippen LogP) is 1.27. The van der Waals surface area contributed by atoms with Gasteiger partial charge in [0.25, 0.3) is 0 Å². The van der Waals surface area contributed by atoms with Crippen LogP contribution in [0.2, 0.25) is 0 Å². The molecule has 1 aliphatic heterocycles. The molecule has 0 saturated carbocycles. The molecule has 1 atom stereocenters. The minimum atomic E-state index is -1.92. The van der Waals surface area contributed by atoms with Gasteiger partial charge in [-0.25, -0.2) is 4.21 Å². The third-order valence-corrected chi connectivity index (χ3v) is 4.91. The Kier molecular flexibility index (Phi) is 3.99. The molecule has 1 aromatic rings. The normalized spacial score (nSPS) is 21.5. The molecule has 0 bridgehead atoms. The largest absolute Gasteiger partial charge is 0.387 e. The molecule has 0 amide bonds. The van der Waals surface area contributed by atoms with E-state index in [4.69, 9.17) is 0 Å². The van der Waals surface area contributed by atoms with Gasteiger partial charge in [-0.3, -0.25) is 4.98 Å². The van der Waals surface area contributed by atoms with Gasteiger partial charge in [0.15, 0.2) is 11.1 Å². The molecular formula is C12H19N3O2S. The molecule has 0 aliphatic carbocycles. The molecule has 1 saturated heterocycles. The molecule has 0 radical (unpaired) electrons. The smallest absolute Gasteiger partial charge is 0.165 e. The predicted molar refractivity (Wildman–Crippen MR) is 73.0 cm³/mol. The molecule has 2 heterocycles. The van der Waals surface area contributed by atoms with Gasteiger partial charge in [0.05, 0.1) is 11.4 Å². The first kappa shape index (κ1) is 13.5. The number of aromatic nitrogens is 1. The Labute approximate surface area is 110 Å². The molecule has 18 heavy (non-hydrogen) atoms. The van der Waals surface area contributed by atoms with Crippen LogP contribution in [0.5, 0.6) is 0 Å². The molecule has 5 nitrogen and oxygen atoms in total. The molecule has 0 spiro atoms. The summed E-state index contributed by atoms with van der Waals surface area (Å²) in [4.78, 5) is 6.53. The van der Waals surface area contributed by atoms with E-state index in [2.05, 4.69) is 15.2 Å². The SMILES string of the molecule is CNc1cccnc1C1(S(=O)O)CCN(C)CC1. The summed E-state index contributed by atoms with van der Waals surface area (Å²) in [6.45, 7) is 1.62. The summed E-state index contributed by atoms with van der Waals surface area (Å²) in [7, 11) is 3.84. The number of pyridine rings is 1. The Morgan fingerprint density at radius 2 is 2.17 bits per heavy atom. The molecule has 0 aromatic carbocycles. The maximum Gasteiger partial charge on any atom is 0.165 e. The van der Waals surface area contributed by atoms with E-state index >= 15 is 0 Å². The molecule has 2 rings (SSSR count). The first-order valence-corrected chi connectivity index (χ1v) is 7.13. The van der Waals surface area contributed by atoms with Gasteiger partial charge in [0.1, 0.15) is 4.75 Å². The Balaban J connectivity index is 2.44. The highest BCUT2D eigenvalue weighted by atomic mass is 32.2. The van der Waals surface area contributed by atoms with Crippen molar-refractivity contribution in [3.8, 4) is 0 Å². The van der Waals surface area contributed by atoms with E-state index in [1.54, 1.807) is 6.20 Å². The van der Waals surface area contributed by atoms with Crippen LogP contribution in [0, 0.1) is 0 Å². The lowest BCUT2D eigenvalue weighted by Gasteiger charge is -2.38. The molecule has 2 N–H and O–H groups in total. The standard InChI is InChI=1S/C12H19N3O2S/c1-13-10-4-3-7-14-11(10)12(18(16)17)5-8-15(2)9-6-12/h3-4,7,13H,5-6,8-9H2,1-2H3,(H,16,17). The monoisotopic (exact) mass is 269 g/mol. The van der Waals surface area contributed by atoms with E-state index in [1.165, 1.54) is 0 Å². The van der Waals surface area contributed by atoms with Crippen LogP contribution in [0.3, 0.4) is 0 Å². The van der Waals surface area contributed by atoms with Crippen molar-refractivity contribution >= 4 is 16.8 Å². The Morgan fingerprint density at radius 1 is 1.50 bits per heavy atom. The molecular weight excluding hydrogens is 250 g/mol. The van der Waals surface area contributed by atoms with Crippen LogP contribution in [0.4, 0.5) is 5.69 Å². The molecule has 1 unspecified atom stereocenters. The quantitative estimate of drug-likeness (QED) is 0.809. The topological polar surface area (TPSA) is 65.5 Å². The van der Waals surface area contributed by atoms with Gasteiger partial charge in [-0.15, -0.1) is 0 Å². The van der Waals surface area contributed by atoms with Crippen LogP contribution in [0.1, 0.15) is 18.5 Å². The fourth-order valence-corrected chi connectivity index (χ4v) is 3.30. The molecule has 1 fully saturated rings. The Bertz CT molecular complexity index is 445. The maximum atomic E-state index is 11.9. The number of nitrogens with zero attached hydrogens (tertiary/aromatic N) is 2. The number of hydrogen-bond acceptors (Lipinski definition) is 4. The summed E-state index contributed by atoms with van der Waals surface area (Å²) in [6, 6.07) is 3.73. The zero-order chi connectivity index (χ0) is 13.2. The molecule has 100 valence electrons. The van der Waals surface area contributed by atoms with Crippen LogP contribution >= 0.6 is 0 Å². The van der Waals surface area contributed by atoms with Gasteiger partial charge in [-0.1, -0.05) is 0 Å². The minimum Gasteiger partial charge on any atom is -0.387 e. The van der Waals surface area contributed by atoms with Crippen molar-refractivity contribution in [3.63, 3.8) is 0 Å². The zero-order valence-corrected chi connectivity index (χ0v) is 11.5. The van der Waals surface area contributed by atoms with Crippen LogP contribution in [0.25, 0.3) is 0 Å². The maximum absolute atomic E-state index is 11.9. The van der Waals surface area contributed by atoms with Gasteiger partial charge >= 0.3 is 0 Å². The van der Waals surface area contributed by atoms with Crippen molar-refractivity contribution in [2.24, 2.45) is 0 Å². The second kappa shape index (κ2) is 5.34. The Morgan fingerprint density at radius 3 is 2.72 bits per heavy atom. The summed E-state index contributed by atoms with van der Waals surface area (Å²) in [5.41, 5.74) is 1.55. The number of rotatable bonds is 3. The summed E-state index contributed by atoms with van der Waals surface area (Å²) in [5.74, 6) is 0. The lowest BCUT2D eigenvalue weighted by Crippen LogP contribution is -2.44. The van der Waals surface area contributed by atoms with Gasteiger partial charge in [-0.05, 0) is 45.1 Å². The van der Waals surface area contributed by atoms with E-state index in [0.29, 0.717) is 18.5 Å². The van der Waals surface area contributed by atoms with Crippen molar-refractivity contribution in [2.75, 3.05) is 32.5 Å². The number of anilines is 1. The molecule has 1 aromatic heterocycles. The van der Waals surface area contributed by atoms with Crippen LogP contribution in [-0.4, -0.2) is 45.8 Å². The van der Waals surface area contributed by atoms with Gasteiger partial charge in [0, 0.05) is 13.2 Å². The summed E-state index contributed by atoms with van der Waals surface area (Å²) in [5, 5.41) is 3.06. The van der Waals surface area contributed by atoms with Crippen molar-refractivity contribution in [2.45, 2.75) is 17.6 Å². The lowest BCUT2D eigenvalue weighted by atomic mass is 9.91. The van der Waals surface area contributed by atoms with Gasteiger partial charge < -0.3 is 14.8 Å². The third-order valence-electron chi connectivity index (χ3n) is 3.64. The highest BCUT2D eigenvalue weighted by Gasteiger charge is 2.43. The van der Waals surface area contributed by atoms with E-state index in [-0.39, 0.29) is 0 Å². The van der Waals surface area contributed by atoms with Crippen molar-refractivity contribution in [3.05, 3.63) is 24.0 Å². The number of hydrogen-bond donors (Lipinski definition) is 2. The fraction of sp³-hybridized carbons (Fsp3) is 0.583. The minimum absolute atomic E-state index is 0.651. The van der Waals surface area contributed by atoms with E-state index in [0.717, 1.165) is 18.8 Å². The number of likely N-dealkylation sites (tertiary alicyclic amines) is 1. The zero-order valence-electron chi connectivity index (χ0n) is 10.7. The van der Waals surface area contributed by atoms with Gasteiger partial charge in [0.2, 0.25) is 0 Å². The van der Waals surface area contributed by atoms with Crippen molar-refractivity contribution in [1.82, 2.24) is 9.88 Å². The fourth-order valence-electron chi connectivity index (χ4n) is 2.44. The second-order valence-corrected chi connectivity index (χ2v) is 5.98.